The van der Waals surface area contributed by atoms with Gasteiger partial charge in [0.2, 0.25) is 0 Å². The van der Waals surface area contributed by atoms with Gasteiger partial charge in [0, 0.05) is 18.0 Å². The van der Waals surface area contributed by atoms with Gasteiger partial charge in [-0.15, -0.1) is 0 Å². The van der Waals surface area contributed by atoms with Crippen LogP contribution in [0.4, 0.5) is 0 Å². The maximum absolute atomic E-state index is 9.04. The Balaban J connectivity index is 2.84. The fourth-order valence-corrected chi connectivity index (χ4v) is 1.44. The summed E-state index contributed by atoms with van der Waals surface area (Å²) >= 11 is 0. The third-order valence-corrected chi connectivity index (χ3v) is 2.01. The van der Waals surface area contributed by atoms with E-state index >= 15 is 0 Å². The molecule has 0 aliphatic heterocycles. The van der Waals surface area contributed by atoms with Gasteiger partial charge in [0.15, 0.2) is 0 Å². The molecule has 0 atom stereocenters. The smallest absolute Gasteiger partial charge is 0.0734 e. The molecule has 0 radical (unpaired) electrons. The van der Waals surface area contributed by atoms with Gasteiger partial charge in [-0.1, -0.05) is 18.2 Å². The second kappa shape index (κ2) is 2.60. The maximum Gasteiger partial charge on any atom is 0.0734 e. The lowest BCUT2D eigenvalue weighted by Gasteiger charge is -2.00. The lowest BCUT2D eigenvalue weighted by atomic mass is 10.1. The van der Waals surface area contributed by atoms with Gasteiger partial charge >= 0.3 is 0 Å². The lowest BCUT2D eigenvalue weighted by Crippen LogP contribution is -1.93. The normalized spacial score (nSPS) is 10.8. The van der Waals surface area contributed by atoms with Crippen LogP contribution >= 0.6 is 0 Å². The quantitative estimate of drug-likeness (QED) is 0.681. The molecular weight excluding hydrogens is 152 g/mol. The number of aromatic nitrogens is 2. The molecule has 1 heterocycles. The van der Waals surface area contributed by atoms with Gasteiger partial charge in [0.1, 0.15) is 0 Å². The first kappa shape index (κ1) is 7.31. The number of aryl methyl sites for hydroxylation is 1. The van der Waals surface area contributed by atoms with Crippen molar-refractivity contribution >= 4 is 10.9 Å². The molecule has 3 heteroatoms. The second-order valence-electron chi connectivity index (χ2n) is 2.78. The topological polar surface area (TPSA) is 38.0 Å². The van der Waals surface area contributed by atoms with Crippen molar-refractivity contribution in [2.45, 2.75) is 6.61 Å². The van der Waals surface area contributed by atoms with Crippen molar-refractivity contribution < 1.29 is 5.11 Å². The molecule has 12 heavy (non-hydrogen) atoms. The van der Waals surface area contributed by atoms with Crippen molar-refractivity contribution in [3.8, 4) is 0 Å². The molecule has 2 rings (SSSR count). The number of para-hydroxylation sites is 1. The van der Waals surface area contributed by atoms with E-state index in [0.29, 0.717) is 0 Å². The number of rotatable bonds is 1. The predicted molar refractivity (Wildman–Crippen MR) is 46.6 cm³/mol. The van der Waals surface area contributed by atoms with Crippen LogP contribution in [-0.4, -0.2) is 14.9 Å². The molecule has 0 aliphatic rings. The highest BCUT2D eigenvalue weighted by Crippen LogP contribution is 2.17. The fraction of sp³-hybridized carbons (Fsp3) is 0.222. The summed E-state index contributed by atoms with van der Waals surface area (Å²) in [4.78, 5) is 0. The molecule has 1 aromatic carbocycles. The minimum absolute atomic E-state index is 0.0663. The minimum atomic E-state index is 0.0663. The minimum Gasteiger partial charge on any atom is -0.392 e. The van der Waals surface area contributed by atoms with Crippen LogP contribution in [0.1, 0.15) is 5.56 Å². The Kier molecular flexibility index (Phi) is 1.59. The molecule has 0 bridgehead atoms. The Bertz CT molecular complexity index is 406. The number of hydrogen-bond acceptors (Lipinski definition) is 2. The zero-order chi connectivity index (χ0) is 8.55. The predicted octanol–water partition coefficient (Wildman–Crippen LogP) is 1.07. The molecule has 0 fully saturated rings. The average Bonchev–Trinajstić information content (AvgIpc) is 2.48. The number of nitrogens with zero attached hydrogens (tertiary/aromatic N) is 2. The molecule has 0 spiro atoms. The molecule has 62 valence electrons. The lowest BCUT2D eigenvalue weighted by molar-refractivity contribution is 0.283. The molecule has 0 saturated heterocycles. The Morgan fingerprint density at radius 1 is 1.50 bits per heavy atom. The van der Waals surface area contributed by atoms with Crippen LogP contribution in [0.15, 0.2) is 24.4 Å². The second-order valence-corrected chi connectivity index (χ2v) is 2.78. The van der Waals surface area contributed by atoms with Crippen molar-refractivity contribution in [3.63, 3.8) is 0 Å². The number of benzene rings is 1. The highest BCUT2D eigenvalue weighted by Gasteiger charge is 2.02. The van der Waals surface area contributed by atoms with E-state index in [1.807, 2.05) is 25.2 Å². The Labute approximate surface area is 70.2 Å². The summed E-state index contributed by atoms with van der Waals surface area (Å²) in [6.45, 7) is 0.0663. The summed E-state index contributed by atoms with van der Waals surface area (Å²) in [5.41, 5.74) is 1.94. The van der Waals surface area contributed by atoms with E-state index in [-0.39, 0.29) is 6.61 Å². The molecule has 3 nitrogen and oxygen atoms in total. The van der Waals surface area contributed by atoms with Gasteiger partial charge in [0.25, 0.3) is 0 Å². The van der Waals surface area contributed by atoms with Crippen LogP contribution < -0.4 is 0 Å². The molecule has 1 N–H and O–H groups in total. The summed E-state index contributed by atoms with van der Waals surface area (Å²) in [5, 5.41) is 14.2. The number of fused-ring (bicyclic) bond motifs is 1. The van der Waals surface area contributed by atoms with Crippen molar-refractivity contribution in [1.82, 2.24) is 9.78 Å². The van der Waals surface area contributed by atoms with E-state index in [9.17, 15) is 0 Å². The number of aliphatic hydroxyl groups excluding tert-OH is 1. The zero-order valence-corrected chi connectivity index (χ0v) is 6.86. The molecule has 2 aromatic rings. The Morgan fingerprint density at radius 3 is 3.08 bits per heavy atom. The van der Waals surface area contributed by atoms with Crippen molar-refractivity contribution in [2.75, 3.05) is 0 Å². The van der Waals surface area contributed by atoms with E-state index in [1.54, 1.807) is 10.9 Å². The van der Waals surface area contributed by atoms with Crippen molar-refractivity contribution in [2.24, 2.45) is 7.05 Å². The average molecular weight is 162 g/mol. The van der Waals surface area contributed by atoms with Crippen LogP contribution in [0.2, 0.25) is 0 Å². The Hall–Kier alpha value is -1.35. The molecule has 1 aromatic heterocycles. The molecule has 0 saturated carbocycles. The standard InChI is InChI=1S/C9H10N2O/c1-11-9-7(5-10-11)3-2-4-8(9)6-12/h2-5,12H,6H2,1H3. The van der Waals surface area contributed by atoms with Gasteiger partial charge in [-0.25, -0.2) is 0 Å². The molecule has 0 amide bonds. The summed E-state index contributed by atoms with van der Waals surface area (Å²) in [7, 11) is 1.88. The van der Waals surface area contributed by atoms with E-state index in [1.165, 1.54) is 0 Å². The van der Waals surface area contributed by atoms with Crippen molar-refractivity contribution in [3.05, 3.63) is 30.0 Å². The van der Waals surface area contributed by atoms with Crippen LogP contribution in [0.3, 0.4) is 0 Å². The van der Waals surface area contributed by atoms with Crippen molar-refractivity contribution in [1.29, 1.82) is 0 Å². The first-order chi connectivity index (χ1) is 5.83. The van der Waals surface area contributed by atoms with Crippen LogP contribution in [-0.2, 0) is 13.7 Å². The van der Waals surface area contributed by atoms with E-state index in [0.717, 1.165) is 16.5 Å². The monoisotopic (exact) mass is 162 g/mol. The summed E-state index contributed by atoms with van der Waals surface area (Å²) in [5.74, 6) is 0. The molecular formula is C9H10N2O. The van der Waals surface area contributed by atoms with Gasteiger partial charge in [-0.05, 0) is 0 Å². The largest absolute Gasteiger partial charge is 0.392 e. The van der Waals surface area contributed by atoms with Crippen LogP contribution in [0, 0.1) is 0 Å². The first-order valence-corrected chi connectivity index (χ1v) is 3.83. The number of hydrogen-bond donors (Lipinski definition) is 1. The van der Waals surface area contributed by atoms with Gasteiger partial charge in [-0.3, -0.25) is 4.68 Å². The van der Waals surface area contributed by atoms with E-state index in [4.69, 9.17) is 5.11 Å². The van der Waals surface area contributed by atoms with Crippen LogP contribution in [0.25, 0.3) is 10.9 Å². The summed E-state index contributed by atoms with van der Waals surface area (Å²) < 4.78 is 1.78. The summed E-state index contributed by atoms with van der Waals surface area (Å²) in [6.07, 6.45) is 1.80. The fourth-order valence-electron chi connectivity index (χ4n) is 1.44. The van der Waals surface area contributed by atoms with Gasteiger partial charge in [0.05, 0.1) is 18.3 Å². The van der Waals surface area contributed by atoms with Gasteiger partial charge < -0.3 is 5.11 Å². The third kappa shape index (κ3) is 0.905. The highest BCUT2D eigenvalue weighted by atomic mass is 16.3. The SMILES string of the molecule is Cn1ncc2cccc(CO)c21. The Morgan fingerprint density at radius 2 is 2.33 bits per heavy atom. The first-order valence-electron chi connectivity index (χ1n) is 3.83. The summed E-state index contributed by atoms with van der Waals surface area (Å²) in [6, 6.07) is 5.82. The third-order valence-electron chi connectivity index (χ3n) is 2.01. The number of aliphatic hydroxyl groups is 1. The maximum atomic E-state index is 9.04. The van der Waals surface area contributed by atoms with E-state index in [2.05, 4.69) is 5.10 Å². The van der Waals surface area contributed by atoms with Gasteiger partial charge in [-0.2, -0.15) is 5.10 Å². The van der Waals surface area contributed by atoms with E-state index < -0.39 is 0 Å². The highest BCUT2D eigenvalue weighted by molar-refractivity contribution is 5.81. The zero-order valence-electron chi connectivity index (χ0n) is 6.86. The molecule has 0 aliphatic carbocycles. The van der Waals surface area contributed by atoms with Crippen LogP contribution in [0.5, 0.6) is 0 Å². The molecule has 0 unspecified atom stereocenters.